The van der Waals surface area contributed by atoms with E-state index in [0.717, 1.165) is 0 Å². The molecule has 0 atom stereocenters. The second-order valence-corrected chi connectivity index (χ2v) is 11.8. The summed E-state index contributed by atoms with van der Waals surface area (Å²) < 4.78 is 0. The second-order valence-electron chi connectivity index (χ2n) is 6.62. The average molecular weight is 539 g/mol. The van der Waals surface area contributed by atoms with E-state index in [1.54, 1.807) is 0 Å². The molecule has 0 spiro atoms. The molecule has 0 N–H and O–H groups in total. The normalized spacial score (nSPS) is 12.3. The van der Waals surface area contributed by atoms with Gasteiger partial charge in [0, 0.05) is 6.42 Å². The zero-order chi connectivity index (χ0) is 18.2. The van der Waals surface area contributed by atoms with Gasteiger partial charge in [-0.15, -0.1) is 0 Å². The van der Waals surface area contributed by atoms with Crippen molar-refractivity contribution in [1.29, 1.82) is 0 Å². The van der Waals surface area contributed by atoms with Gasteiger partial charge in [-0.05, 0) is 46.6 Å². The molecule has 0 fully saturated rings. The molecule has 3 rings (SSSR count). The van der Waals surface area contributed by atoms with E-state index in [1.807, 2.05) is 0 Å². The maximum atomic E-state index is 4.96. The molecule has 2 aromatic rings. The first-order valence-corrected chi connectivity index (χ1v) is 17.8. The van der Waals surface area contributed by atoms with Gasteiger partial charge in [0.2, 0.25) is 0 Å². The third kappa shape index (κ3) is 5.81. The Hall–Kier alpha value is -0.370. The van der Waals surface area contributed by atoms with Crippen molar-refractivity contribution in [3.8, 4) is 11.1 Å². The van der Waals surface area contributed by atoms with Gasteiger partial charge in [-0.25, -0.2) is 0 Å². The fraction of sp³-hybridized carbons (Fsp3) is 0.318. The van der Waals surface area contributed by atoms with Gasteiger partial charge in [-0.1, -0.05) is 81.3 Å². The summed E-state index contributed by atoms with van der Waals surface area (Å²) in [6.45, 7) is 6.77. The number of benzene rings is 2. The third-order valence-corrected chi connectivity index (χ3v) is 4.52. The zero-order valence-electron chi connectivity index (χ0n) is 15.2. The molecule has 0 saturated heterocycles. The molecule has 0 aromatic heterocycles. The van der Waals surface area contributed by atoms with Crippen molar-refractivity contribution in [1.82, 2.24) is 0 Å². The van der Waals surface area contributed by atoms with Crippen LogP contribution in [0.2, 0.25) is 0 Å². The Labute approximate surface area is 171 Å². The van der Waals surface area contributed by atoms with Crippen molar-refractivity contribution in [2.75, 3.05) is 0 Å². The van der Waals surface area contributed by atoms with Crippen molar-refractivity contribution >= 4 is 23.2 Å². The van der Waals surface area contributed by atoms with Crippen LogP contribution >= 0.6 is 17.2 Å². The summed E-state index contributed by atoms with van der Waals surface area (Å²) in [5.74, 6) is 0.580. The minimum atomic E-state index is -0.972. The molecule has 0 unspecified atom stereocenters. The molecule has 0 saturated carbocycles. The molecule has 131 valence electrons. The van der Waals surface area contributed by atoms with Gasteiger partial charge in [0.25, 0.3) is 0 Å². The number of allylic oxidation sites excluding steroid dienone is 1. The van der Waals surface area contributed by atoms with Crippen LogP contribution in [0.5, 0.6) is 0 Å². The Morgan fingerprint density at radius 1 is 1.00 bits per heavy atom. The standard InChI is InChI=1S/C22H25.2ClH.Hf/c1-4-5-7-17-10-12-18(13-11-17)21-9-6-8-19-14-20(16(2)3)15-22(19)21;;;/h6,8-16H,4-5,7H2,1-3H3;2*1H;/q;;;+2/p-2. The van der Waals surface area contributed by atoms with Crippen LogP contribution in [0.25, 0.3) is 17.2 Å². The van der Waals surface area contributed by atoms with Crippen LogP contribution in [-0.2, 0) is 27.0 Å². The van der Waals surface area contributed by atoms with E-state index in [0.29, 0.717) is 5.92 Å². The average Bonchev–Trinajstić information content (AvgIpc) is 3.06. The van der Waals surface area contributed by atoms with Crippen molar-refractivity contribution in [2.24, 2.45) is 5.92 Å². The summed E-state index contributed by atoms with van der Waals surface area (Å²) in [5, 5.41) is 0. The monoisotopic (exact) mass is 539 g/mol. The minimum absolute atomic E-state index is 0.580. The van der Waals surface area contributed by atoms with Gasteiger partial charge >= 0.3 is 37.7 Å². The van der Waals surface area contributed by atoms with Gasteiger partial charge < -0.3 is 0 Å². The fourth-order valence-electron chi connectivity index (χ4n) is 3.07. The van der Waals surface area contributed by atoms with Gasteiger partial charge in [0.05, 0.1) is 0 Å². The van der Waals surface area contributed by atoms with Crippen LogP contribution in [0.1, 0.15) is 50.3 Å². The summed E-state index contributed by atoms with van der Waals surface area (Å²) >= 11 is -0.972. The van der Waals surface area contributed by atoms with E-state index in [4.69, 9.17) is 17.2 Å². The molecule has 0 aliphatic heterocycles. The zero-order valence-corrected chi connectivity index (χ0v) is 20.3. The van der Waals surface area contributed by atoms with Gasteiger partial charge in [0.1, 0.15) is 0 Å². The Kier molecular flexibility index (Phi) is 8.96. The summed E-state index contributed by atoms with van der Waals surface area (Å²) in [6.07, 6.45) is 8.41. The summed E-state index contributed by atoms with van der Waals surface area (Å²) in [7, 11) is 9.92. The van der Waals surface area contributed by atoms with E-state index in [-0.39, 0.29) is 0 Å². The maximum absolute atomic E-state index is 4.96. The topological polar surface area (TPSA) is 0 Å². The molecule has 1 aliphatic carbocycles. The van der Waals surface area contributed by atoms with Gasteiger partial charge in [-0.2, -0.15) is 0 Å². The summed E-state index contributed by atoms with van der Waals surface area (Å²) in [4.78, 5) is 0. The fourth-order valence-corrected chi connectivity index (χ4v) is 3.07. The number of hydrogen-bond acceptors (Lipinski definition) is 0. The molecule has 3 heteroatoms. The van der Waals surface area contributed by atoms with Crippen LogP contribution in [-0.4, -0.2) is 0 Å². The van der Waals surface area contributed by atoms with Crippen molar-refractivity contribution in [2.45, 2.75) is 40.0 Å². The van der Waals surface area contributed by atoms with E-state index >= 15 is 0 Å². The Morgan fingerprint density at radius 2 is 1.68 bits per heavy atom. The van der Waals surface area contributed by atoms with Crippen LogP contribution in [0, 0.1) is 12.3 Å². The van der Waals surface area contributed by atoms with Crippen LogP contribution in [0.3, 0.4) is 0 Å². The summed E-state index contributed by atoms with van der Waals surface area (Å²) in [5.41, 5.74) is 8.30. The number of aryl methyl sites for hydroxylation is 1. The third-order valence-electron chi connectivity index (χ3n) is 4.52. The number of unbranched alkanes of at least 4 members (excludes halogenated alkanes) is 1. The molecule has 0 bridgehead atoms. The number of hydrogen-bond donors (Lipinski definition) is 0. The van der Waals surface area contributed by atoms with E-state index < -0.39 is 20.5 Å². The van der Waals surface area contributed by atoms with Crippen LogP contribution < -0.4 is 0 Å². The molecule has 0 amide bonds. The van der Waals surface area contributed by atoms with E-state index in [2.05, 4.69) is 75.7 Å². The van der Waals surface area contributed by atoms with Gasteiger partial charge in [0.15, 0.2) is 0 Å². The van der Waals surface area contributed by atoms with E-state index in [9.17, 15) is 0 Å². The molecule has 0 heterocycles. The first-order valence-electron chi connectivity index (χ1n) is 8.85. The number of rotatable bonds is 5. The molecule has 25 heavy (non-hydrogen) atoms. The number of fused-ring (bicyclic) bond motifs is 1. The summed E-state index contributed by atoms with van der Waals surface area (Å²) in [6, 6.07) is 15.8. The molecule has 1 radical (unpaired) electrons. The quantitative estimate of drug-likeness (QED) is 0.343. The molecule has 2 aromatic carbocycles. The number of halogens is 2. The molecular formula is C22H25Cl2Hf. The molecular weight excluding hydrogens is 514 g/mol. The predicted octanol–water partition coefficient (Wildman–Crippen LogP) is 7.68. The van der Waals surface area contributed by atoms with Crippen molar-refractivity contribution in [3.63, 3.8) is 0 Å². The van der Waals surface area contributed by atoms with Crippen molar-refractivity contribution < 1.29 is 20.5 Å². The first kappa shape index (κ1) is 20.9. The van der Waals surface area contributed by atoms with Crippen LogP contribution in [0.4, 0.5) is 0 Å². The molecule has 0 nitrogen and oxygen atoms in total. The van der Waals surface area contributed by atoms with Crippen molar-refractivity contribution in [3.05, 3.63) is 71.1 Å². The predicted molar refractivity (Wildman–Crippen MR) is 108 cm³/mol. The SMILES string of the molecule is CCCCc1ccc(-c2cccc3c2C=C(C(C)C)[CH]3)cc1.[Cl][Hf][Cl]. The first-order chi connectivity index (χ1) is 12.1. The van der Waals surface area contributed by atoms with Gasteiger partial charge in [-0.3, -0.25) is 0 Å². The Balaban J connectivity index is 0.000000701. The molecule has 1 aliphatic rings. The Morgan fingerprint density at radius 3 is 2.28 bits per heavy atom. The Bertz CT molecular complexity index is 702. The second kappa shape index (κ2) is 10.7. The van der Waals surface area contributed by atoms with E-state index in [1.165, 1.54) is 52.7 Å². The van der Waals surface area contributed by atoms with Crippen LogP contribution in [0.15, 0.2) is 48.0 Å².